The van der Waals surface area contributed by atoms with Gasteiger partial charge in [-0.05, 0) is 12.5 Å². The van der Waals surface area contributed by atoms with Crippen molar-refractivity contribution in [2.75, 3.05) is 13.7 Å². The van der Waals surface area contributed by atoms with Crippen LogP contribution >= 0.6 is 0 Å². The molecule has 0 saturated carbocycles. The molecule has 0 aromatic heterocycles. The van der Waals surface area contributed by atoms with Gasteiger partial charge in [0.05, 0.1) is 4.92 Å². The zero-order chi connectivity index (χ0) is 15.5. The van der Waals surface area contributed by atoms with Crippen LogP contribution in [0.15, 0.2) is 17.0 Å². The Balaban J connectivity index is 3.35. The molecule has 0 aliphatic rings. The summed E-state index contributed by atoms with van der Waals surface area (Å²) in [6.45, 7) is 0.985. The van der Waals surface area contributed by atoms with E-state index in [2.05, 4.69) is 5.32 Å². The molecule has 1 aromatic rings. The molecule has 9 nitrogen and oxygen atoms in total. The van der Waals surface area contributed by atoms with Crippen LogP contribution in [-0.2, 0) is 14.8 Å². The highest BCUT2D eigenvalue weighted by Gasteiger charge is 2.23. The number of likely N-dealkylation sites (N-methyl/N-ethyl adjacent to an activating group) is 1. The summed E-state index contributed by atoms with van der Waals surface area (Å²) in [6, 6.07) is 1.93. The number of benzene rings is 1. The van der Waals surface area contributed by atoms with Crippen LogP contribution in [0.5, 0.6) is 5.75 Å². The third-order valence-corrected chi connectivity index (χ3v) is 3.29. The Hall–Kier alpha value is -2.20. The van der Waals surface area contributed by atoms with Crippen LogP contribution in [0.3, 0.4) is 0 Å². The minimum atomic E-state index is -4.23. The molecule has 1 amide bonds. The first-order chi connectivity index (χ1) is 9.16. The first kappa shape index (κ1) is 15.9. The molecule has 0 saturated heterocycles. The Morgan fingerprint density at radius 3 is 2.55 bits per heavy atom. The van der Waals surface area contributed by atoms with Gasteiger partial charge in [0.1, 0.15) is 10.6 Å². The molecule has 0 radical (unpaired) electrons. The predicted molar refractivity (Wildman–Crippen MR) is 68.8 cm³/mol. The maximum atomic E-state index is 11.5. The summed E-state index contributed by atoms with van der Waals surface area (Å²) in [5, 5.41) is 18.0. The van der Waals surface area contributed by atoms with Crippen molar-refractivity contribution in [3.05, 3.63) is 27.8 Å². The number of nitro benzene ring substituents is 1. The molecule has 0 bridgehead atoms. The summed E-state index contributed by atoms with van der Waals surface area (Å²) in [5.74, 6) is -0.662. The molecule has 0 atom stereocenters. The number of hydrogen-bond acceptors (Lipinski definition) is 6. The van der Waals surface area contributed by atoms with Gasteiger partial charge in [-0.15, -0.1) is 0 Å². The molecule has 0 heterocycles. The van der Waals surface area contributed by atoms with Crippen LogP contribution in [0, 0.1) is 17.0 Å². The van der Waals surface area contributed by atoms with Crippen molar-refractivity contribution in [3.63, 3.8) is 0 Å². The predicted octanol–water partition coefficient (Wildman–Crippen LogP) is -0.325. The molecule has 0 spiro atoms. The van der Waals surface area contributed by atoms with E-state index in [4.69, 9.17) is 9.88 Å². The zero-order valence-corrected chi connectivity index (χ0v) is 11.6. The Labute approximate surface area is 114 Å². The fourth-order valence-corrected chi connectivity index (χ4v) is 2.20. The van der Waals surface area contributed by atoms with Gasteiger partial charge in [-0.1, -0.05) is 0 Å². The number of nitrogens with one attached hydrogen (secondary N) is 1. The number of primary sulfonamides is 1. The Morgan fingerprint density at radius 1 is 1.50 bits per heavy atom. The van der Waals surface area contributed by atoms with Gasteiger partial charge in [0.15, 0.2) is 6.61 Å². The van der Waals surface area contributed by atoms with Gasteiger partial charge in [0, 0.05) is 19.2 Å². The lowest BCUT2D eigenvalue weighted by atomic mass is 10.2. The van der Waals surface area contributed by atoms with Crippen molar-refractivity contribution >= 4 is 21.6 Å². The highest BCUT2D eigenvalue weighted by molar-refractivity contribution is 7.89. The van der Waals surface area contributed by atoms with E-state index in [-0.39, 0.29) is 11.3 Å². The van der Waals surface area contributed by atoms with Gasteiger partial charge < -0.3 is 10.1 Å². The van der Waals surface area contributed by atoms with Crippen molar-refractivity contribution in [1.29, 1.82) is 0 Å². The van der Waals surface area contributed by atoms with Crippen molar-refractivity contribution in [2.24, 2.45) is 5.14 Å². The lowest BCUT2D eigenvalue weighted by Gasteiger charge is -2.12. The number of amides is 1. The molecule has 1 rings (SSSR count). The molecular formula is C10H13N3O6S. The summed E-state index contributed by atoms with van der Waals surface area (Å²) < 4.78 is 28.0. The molecule has 20 heavy (non-hydrogen) atoms. The molecule has 0 fully saturated rings. The fourth-order valence-electron chi connectivity index (χ4n) is 1.43. The summed E-state index contributed by atoms with van der Waals surface area (Å²) in [5.41, 5.74) is -0.244. The minimum absolute atomic E-state index is 0.179. The first-order valence-corrected chi connectivity index (χ1v) is 6.86. The van der Waals surface area contributed by atoms with E-state index in [1.165, 1.54) is 14.0 Å². The number of aryl methyl sites for hydroxylation is 1. The highest BCUT2D eigenvalue weighted by atomic mass is 32.2. The van der Waals surface area contributed by atoms with Gasteiger partial charge in [0.25, 0.3) is 11.6 Å². The van der Waals surface area contributed by atoms with E-state index < -0.39 is 38.0 Å². The van der Waals surface area contributed by atoms with Crippen molar-refractivity contribution in [1.82, 2.24) is 5.32 Å². The summed E-state index contributed by atoms with van der Waals surface area (Å²) in [4.78, 5) is 20.5. The topological polar surface area (TPSA) is 142 Å². The normalized spacial score (nSPS) is 10.9. The third-order valence-electron chi connectivity index (χ3n) is 2.37. The molecule has 0 unspecified atom stereocenters. The monoisotopic (exact) mass is 303 g/mol. The maximum absolute atomic E-state index is 11.5. The van der Waals surface area contributed by atoms with Crippen LogP contribution in [0.25, 0.3) is 0 Å². The van der Waals surface area contributed by atoms with Gasteiger partial charge in [0.2, 0.25) is 10.0 Å². The number of carbonyl (C=O) groups is 1. The smallest absolute Gasteiger partial charge is 0.271 e. The summed E-state index contributed by atoms with van der Waals surface area (Å²) >= 11 is 0. The number of rotatable bonds is 5. The minimum Gasteiger partial charge on any atom is -0.482 e. The number of non-ortho nitro benzene ring substituents is 1. The van der Waals surface area contributed by atoms with E-state index in [0.717, 1.165) is 12.1 Å². The first-order valence-electron chi connectivity index (χ1n) is 5.32. The van der Waals surface area contributed by atoms with Crippen molar-refractivity contribution < 1.29 is 22.9 Å². The lowest BCUT2D eigenvalue weighted by Crippen LogP contribution is -2.26. The molecule has 10 heteroatoms. The standard InChI is InChI=1S/C10H13N3O6S/c1-6-3-7(13(15)16)4-8(20(11,17)18)10(6)19-5-9(14)12-2/h3-4H,5H2,1-2H3,(H,12,14)(H2,11,17,18). The van der Waals surface area contributed by atoms with Crippen LogP contribution in [0.1, 0.15) is 5.56 Å². The highest BCUT2D eigenvalue weighted by Crippen LogP contribution is 2.31. The number of hydrogen-bond donors (Lipinski definition) is 2. The van der Waals surface area contributed by atoms with E-state index >= 15 is 0 Å². The molecule has 110 valence electrons. The largest absolute Gasteiger partial charge is 0.482 e. The second-order valence-electron chi connectivity index (χ2n) is 3.85. The number of sulfonamides is 1. The molecule has 0 aliphatic carbocycles. The summed E-state index contributed by atoms with van der Waals surface area (Å²) in [7, 11) is -2.84. The van der Waals surface area contributed by atoms with E-state index in [1.54, 1.807) is 0 Å². The van der Waals surface area contributed by atoms with Gasteiger partial charge in [-0.25, -0.2) is 13.6 Å². The van der Waals surface area contributed by atoms with E-state index in [9.17, 15) is 23.3 Å². The number of nitro groups is 1. The van der Waals surface area contributed by atoms with Gasteiger partial charge in [-0.2, -0.15) is 0 Å². The van der Waals surface area contributed by atoms with Crippen LogP contribution in [-0.4, -0.2) is 32.9 Å². The van der Waals surface area contributed by atoms with Gasteiger partial charge in [-0.3, -0.25) is 14.9 Å². The fraction of sp³-hybridized carbons (Fsp3) is 0.300. The SMILES string of the molecule is CNC(=O)COc1c(C)cc([N+](=O)[O-])cc1S(N)(=O)=O. The lowest BCUT2D eigenvalue weighted by molar-refractivity contribution is -0.385. The van der Waals surface area contributed by atoms with Crippen LogP contribution in [0.2, 0.25) is 0 Å². The van der Waals surface area contributed by atoms with Crippen LogP contribution < -0.4 is 15.2 Å². The van der Waals surface area contributed by atoms with E-state index in [1.807, 2.05) is 0 Å². The Morgan fingerprint density at radius 2 is 2.10 bits per heavy atom. The zero-order valence-electron chi connectivity index (χ0n) is 10.7. The van der Waals surface area contributed by atoms with Crippen LogP contribution in [0.4, 0.5) is 5.69 Å². The molecular weight excluding hydrogens is 290 g/mol. The quantitative estimate of drug-likeness (QED) is 0.563. The number of carbonyl (C=O) groups excluding carboxylic acids is 1. The Kier molecular flexibility index (Phi) is 4.63. The van der Waals surface area contributed by atoms with E-state index in [0.29, 0.717) is 0 Å². The second-order valence-corrected chi connectivity index (χ2v) is 5.38. The average molecular weight is 303 g/mol. The maximum Gasteiger partial charge on any atom is 0.271 e. The average Bonchev–Trinajstić information content (AvgIpc) is 2.34. The number of ether oxygens (including phenoxy) is 1. The molecule has 0 aliphatic heterocycles. The Bertz CT molecular complexity index is 655. The molecule has 1 aromatic carbocycles. The number of nitrogens with zero attached hydrogens (tertiary/aromatic N) is 1. The molecule has 3 N–H and O–H groups in total. The third kappa shape index (κ3) is 3.65. The summed E-state index contributed by atoms with van der Waals surface area (Å²) in [6.07, 6.45) is 0. The van der Waals surface area contributed by atoms with Crippen molar-refractivity contribution in [3.8, 4) is 5.75 Å². The number of nitrogens with two attached hydrogens (primary N) is 1. The van der Waals surface area contributed by atoms with Crippen molar-refractivity contribution in [2.45, 2.75) is 11.8 Å². The second kappa shape index (κ2) is 5.84. The van der Waals surface area contributed by atoms with Gasteiger partial charge >= 0.3 is 0 Å².